The largest absolute Gasteiger partial charge is 0.573 e. The second-order valence-electron chi connectivity index (χ2n) is 7.51. The summed E-state index contributed by atoms with van der Waals surface area (Å²) in [6.45, 7) is 3.82. The summed E-state index contributed by atoms with van der Waals surface area (Å²) in [5.41, 5.74) is 7.14. The van der Waals surface area contributed by atoms with E-state index >= 15 is 0 Å². The summed E-state index contributed by atoms with van der Waals surface area (Å²) in [7, 11) is 0. The van der Waals surface area contributed by atoms with E-state index in [0.29, 0.717) is 5.69 Å². The first-order valence-corrected chi connectivity index (χ1v) is 10.2. The average molecular weight is 467 g/mol. The first-order chi connectivity index (χ1) is 16.2. The Morgan fingerprint density at radius 3 is 2.44 bits per heavy atom. The number of ether oxygens (including phenoxy) is 1. The molecule has 0 saturated heterocycles. The minimum absolute atomic E-state index is 0.305. The molecule has 0 atom stereocenters. The van der Waals surface area contributed by atoms with Crippen LogP contribution in [0.2, 0.25) is 0 Å². The van der Waals surface area contributed by atoms with Gasteiger partial charge >= 0.3 is 12.4 Å². The summed E-state index contributed by atoms with van der Waals surface area (Å²) in [5, 5.41) is 11.9. The highest BCUT2D eigenvalue weighted by Gasteiger charge is 2.31. The summed E-state index contributed by atoms with van der Waals surface area (Å²) < 4.78 is 42.5. The fourth-order valence-corrected chi connectivity index (χ4v) is 3.45. The zero-order valence-electron chi connectivity index (χ0n) is 18.2. The van der Waals surface area contributed by atoms with E-state index in [-0.39, 0.29) is 5.75 Å². The third kappa shape index (κ3) is 5.34. The van der Waals surface area contributed by atoms with Crippen molar-refractivity contribution in [1.82, 2.24) is 15.2 Å². The number of hydrogen-bond acceptors (Lipinski definition) is 4. The second-order valence-corrected chi connectivity index (χ2v) is 7.51. The van der Waals surface area contributed by atoms with Crippen LogP contribution in [-0.2, 0) is 0 Å². The van der Waals surface area contributed by atoms with Crippen LogP contribution < -0.4 is 15.5 Å². The molecule has 1 aromatic heterocycles. The van der Waals surface area contributed by atoms with Crippen molar-refractivity contribution >= 4 is 28.8 Å². The molecule has 0 spiro atoms. The number of anilines is 1. The fourth-order valence-electron chi connectivity index (χ4n) is 3.45. The summed E-state index contributed by atoms with van der Waals surface area (Å²) in [4.78, 5) is 12.2. The topological polar surface area (TPSA) is 80.5 Å². The van der Waals surface area contributed by atoms with Gasteiger partial charge in [0.05, 0.1) is 23.6 Å². The highest BCUT2D eigenvalue weighted by molar-refractivity contribution is 5.93. The molecule has 0 unspecified atom stereocenters. The lowest BCUT2D eigenvalue weighted by Gasteiger charge is -2.10. The molecular weight excluding hydrogens is 447 g/mol. The van der Waals surface area contributed by atoms with Gasteiger partial charge < -0.3 is 10.1 Å². The van der Waals surface area contributed by atoms with Gasteiger partial charge in [-0.2, -0.15) is 10.2 Å². The number of amides is 2. The molecule has 2 N–H and O–H groups in total. The van der Waals surface area contributed by atoms with Gasteiger partial charge in [0.1, 0.15) is 5.75 Å². The molecule has 7 nitrogen and oxygen atoms in total. The Hall–Kier alpha value is -4.34. The summed E-state index contributed by atoms with van der Waals surface area (Å²) in [6, 6.07) is 16.1. The first-order valence-electron chi connectivity index (χ1n) is 10.2. The SMILES string of the molecule is Cc1cccc(C)c1NC(=O)NN=Cc1ccc2c(cnn2-c2ccc(OC(F)(F)F)cc2)c1. The van der Waals surface area contributed by atoms with Crippen molar-refractivity contribution in [2.75, 3.05) is 5.32 Å². The summed E-state index contributed by atoms with van der Waals surface area (Å²) >= 11 is 0. The van der Waals surface area contributed by atoms with E-state index in [9.17, 15) is 18.0 Å². The van der Waals surface area contributed by atoms with Crippen molar-refractivity contribution in [3.8, 4) is 11.4 Å². The number of rotatable bonds is 5. The lowest BCUT2D eigenvalue weighted by atomic mass is 10.1. The Bertz CT molecular complexity index is 1340. The van der Waals surface area contributed by atoms with Crippen molar-refractivity contribution in [3.05, 3.63) is 83.6 Å². The van der Waals surface area contributed by atoms with E-state index < -0.39 is 12.4 Å². The van der Waals surface area contributed by atoms with E-state index in [1.54, 1.807) is 23.0 Å². The number of alkyl halides is 3. The van der Waals surface area contributed by atoms with Gasteiger partial charge in [-0.15, -0.1) is 13.2 Å². The second kappa shape index (κ2) is 9.26. The van der Waals surface area contributed by atoms with Gasteiger partial charge in [-0.3, -0.25) is 0 Å². The van der Waals surface area contributed by atoms with Gasteiger partial charge in [-0.05, 0) is 66.9 Å². The standard InChI is InChI=1S/C24H20F3N5O2/c1-15-4-3-5-16(2)22(15)30-23(33)31-28-13-17-6-11-21-18(12-17)14-29-32(21)19-7-9-20(10-8-19)34-24(25,26)27/h3-14H,1-2H3,(H2,30,31,33). The molecule has 10 heteroatoms. The normalized spacial score (nSPS) is 11.7. The molecule has 0 saturated carbocycles. The Morgan fingerprint density at radius 1 is 1.06 bits per heavy atom. The highest BCUT2D eigenvalue weighted by atomic mass is 19.4. The predicted molar refractivity (Wildman–Crippen MR) is 123 cm³/mol. The summed E-state index contributed by atoms with van der Waals surface area (Å²) in [6.07, 6.45) is -1.61. The van der Waals surface area contributed by atoms with Crippen molar-refractivity contribution in [2.45, 2.75) is 20.2 Å². The number of aromatic nitrogens is 2. The van der Waals surface area contributed by atoms with Gasteiger partial charge in [0, 0.05) is 11.1 Å². The van der Waals surface area contributed by atoms with Crippen LogP contribution in [0.5, 0.6) is 5.75 Å². The van der Waals surface area contributed by atoms with E-state index in [1.165, 1.54) is 30.5 Å². The number of benzene rings is 3. The Morgan fingerprint density at radius 2 is 1.76 bits per heavy atom. The van der Waals surface area contributed by atoms with Crippen LogP contribution >= 0.6 is 0 Å². The zero-order chi connectivity index (χ0) is 24.3. The van der Waals surface area contributed by atoms with Crippen LogP contribution in [0.1, 0.15) is 16.7 Å². The number of aryl methyl sites for hydroxylation is 2. The molecule has 0 aliphatic rings. The molecule has 2 amide bonds. The molecule has 4 rings (SSSR count). The number of halogens is 3. The minimum atomic E-state index is -4.74. The van der Waals surface area contributed by atoms with Gasteiger partial charge in [0.2, 0.25) is 0 Å². The fraction of sp³-hybridized carbons (Fsp3) is 0.125. The third-order valence-corrected chi connectivity index (χ3v) is 5.01. The smallest absolute Gasteiger partial charge is 0.406 e. The van der Waals surface area contributed by atoms with Gasteiger partial charge in [-0.25, -0.2) is 14.9 Å². The lowest BCUT2D eigenvalue weighted by molar-refractivity contribution is -0.274. The van der Waals surface area contributed by atoms with Gasteiger partial charge in [0.25, 0.3) is 0 Å². The summed E-state index contributed by atoms with van der Waals surface area (Å²) in [5.74, 6) is -0.305. The van der Waals surface area contributed by atoms with Crippen molar-refractivity contribution < 1.29 is 22.7 Å². The monoisotopic (exact) mass is 467 g/mol. The van der Waals surface area contributed by atoms with E-state index in [2.05, 4.69) is 25.7 Å². The molecule has 3 aromatic carbocycles. The van der Waals surface area contributed by atoms with E-state index in [1.807, 2.05) is 38.1 Å². The number of carbonyl (C=O) groups is 1. The minimum Gasteiger partial charge on any atom is -0.406 e. The predicted octanol–water partition coefficient (Wildman–Crippen LogP) is 5.70. The lowest BCUT2D eigenvalue weighted by Crippen LogP contribution is -2.25. The molecule has 0 radical (unpaired) electrons. The van der Waals surface area contributed by atoms with Gasteiger partial charge in [0.15, 0.2) is 0 Å². The Balaban J connectivity index is 1.44. The van der Waals surface area contributed by atoms with Crippen LogP contribution in [-0.4, -0.2) is 28.4 Å². The van der Waals surface area contributed by atoms with Crippen LogP contribution in [0.15, 0.2) is 72.0 Å². The number of carbonyl (C=O) groups excluding carboxylic acids is 1. The molecule has 0 fully saturated rings. The van der Waals surface area contributed by atoms with Crippen LogP contribution in [0.4, 0.5) is 23.7 Å². The maximum Gasteiger partial charge on any atom is 0.573 e. The molecule has 1 heterocycles. The zero-order valence-corrected chi connectivity index (χ0v) is 18.2. The number of para-hydroxylation sites is 1. The van der Waals surface area contributed by atoms with Crippen molar-refractivity contribution in [3.63, 3.8) is 0 Å². The quantitative estimate of drug-likeness (QED) is 0.292. The molecule has 0 bridgehead atoms. The van der Waals surface area contributed by atoms with Crippen LogP contribution in [0.3, 0.4) is 0 Å². The number of hydrazone groups is 1. The van der Waals surface area contributed by atoms with Crippen LogP contribution in [0, 0.1) is 13.8 Å². The molecular formula is C24H20F3N5O2. The molecule has 174 valence electrons. The number of nitrogens with zero attached hydrogens (tertiary/aromatic N) is 3. The first kappa shape index (κ1) is 22.8. The number of hydrogen-bond donors (Lipinski definition) is 2. The number of urea groups is 1. The van der Waals surface area contributed by atoms with Crippen LogP contribution in [0.25, 0.3) is 16.6 Å². The molecule has 4 aromatic rings. The maximum atomic E-state index is 12.3. The maximum absolute atomic E-state index is 12.3. The Kier molecular flexibility index (Phi) is 6.22. The molecule has 0 aliphatic carbocycles. The third-order valence-electron chi connectivity index (χ3n) is 5.01. The number of nitrogens with one attached hydrogen (secondary N) is 2. The van der Waals surface area contributed by atoms with Gasteiger partial charge in [-0.1, -0.05) is 24.3 Å². The highest BCUT2D eigenvalue weighted by Crippen LogP contribution is 2.25. The van der Waals surface area contributed by atoms with E-state index in [4.69, 9.17) is 0 Å². The van der Waals surface area contributed by atoms with E-state index in [0.717, 1.165) is 33.3 Å². The van der Waals surface area contributed by atoms with Crippen molar-refractivity contribution in [1.29, 1.82) is 0 Å². The molecule has 0 aliphatic heterocycles. The Labute approximate surface area is 192 Å². The average Bonchev–Trinajstić information content (AvgIpc) is 3.19. The number of fused-ring (bicyclic) bond motifs is 1. The van der Waals surface area contributed by atoms with Crippen molar-refractivity contribution in [2.24, 2.45) is 5.10 Å². The molecule has 34 heavy (non-hydrogen) atoms.